The van der Waals surface area contributed by atoms with Crippen molar-refractivity contribution in [2.75, 3.05) is 26.3 Å². The second kappa shape index (κ2) is 9.04. The number of nitrogens with zero attached hydrogens (tertiary/aromatic N) is 1. The normalized spacial score (nSPS) is 13.2. The zero-order chi connectivity index (χ0) is 14.1. The van der Waals surface area contributed by atoms with Gasteiger partial charge < -0.3 is 14.9 Å². The van der Waals surface area contributed by atoms with E-state index in [0.717, 1.165) is 6.54 Å². The standard InChI is InChI=1S/C15H25NO3/c1-13(2)19-12-15(18)11-16(8-9-17)10-14-6-4-3-5-7-14/h3-7,13,15,17-18H,8-12H2,1-2H3. The highest BCUT2D eigenvalue weighted by molar-refractivity contribution is 5.14. The molecule has 0 spiro atoms. The van der Waals surface area contributed by atoms with Crippen LogP contribution in [0.2, 0.25) is 0 Å². The van der Waals surface area contributed by atoms with Gasteiger partial charge in [0.05, 0.1) is 25.4 Å². The first-order valence-corrected chi connectivity index (χ1v) is 6.78. The summed E-state index contributed by atoms with van der Waals surface area (Å²) < 4.78 is 5.39. The second-order valence-corrected chi connectivity index (χ2v) is 4.98. The third kappa shape index (κ3) is 7.28. The van der Waals surface area contributed by atoms with Gasteiger partial charge in [-0.25, -0.2) is 0 Å². The van der Waals surface area contributed by atoms with Gasteiger partial charge in [0, 0.05) is 19.6 Å². The van der Waals surface area contributed by atoms with Crippen molar-refractivity contribution in [1.29, 1.82) is 0 Å². The average Bonchev–Trinajstić information content (AvgIpc) is 2.38. The predicted octanol–water partition coefficient (Wildman–Crippen LogP) is 1.27. The van der Waals surface area contributed by atoms with E-state index in [1.54, 1.807) is 0 Å². The van der Waals surface area contributed by atoms with Crippen LogP contribution >= 0.6 is 0 Å². The van der Waals surface area contributed by atoms with Crippen molar-refractivity contribution >= 4 is 0 Å². The molecule has 0 radical (unpaired) electrons. The first-order chi connectivity index (χ1) is 9.11. The molecule has 1 atom stereocenters. The predicted molar refractivity (Wildman–Crippen MR) is 75.9 cm³/mol. The lowest BCUT2D eigenvalue weighted by molar-refractivity contribution is -0.0112. The molecule has 0 aromatic heterocycles. The number of benzene rings is 1. The maximum Gasteiger partial charge on any atom is 0.0900 e. The SMILES string of the molecule is CC(C)OCC(O)CN(CCO)Cc1ccccc1. The molecule has 0 saturated carbocycles. The van der Waals surface area contributed by atoms with Crippen LogP contribution in [-0.2, 0) is 11.3 Å². The number of ether oxygens (including phenoxy) is 1. The molecule has 0 saturated heterocycles. The van der Waals surface area contributed by atoms with E-state index < -0.39 is 6.10 Å². The molecule has 0 heterocycles. The summed E-state index contributed by atoms with van der Waals surface area (Å²) in [6.07, 6.45) is -0.410. The fourth-order valence-corrected chi connectivity index (χ4v) is 1.87. The van der Waals surface area contributed by atoms with Crippen molar-refractivity contribution in [2.45, 2.75) is 32.6 Å². The van der Waals surface area contributed by atoms with E-state index >= 15 is 0 Å². The molecule has 0 aliphatic carbocycles. The van der Waals surface area contributed by atoms with Gasteiger partial charge >= 0.3 is 0 Å². The first-order valence-electron chi connectivity index (χ1n) is 6.78. The fraction of sp³-hybridized carbons (Fsp3) is 0.600. The molecule has 0 amide bonds. The van der Waals surface area contributed by atoms with Crippen molar-refractivity contribution in [2.24, 2.45) is 0 Å². The molecular weight excluding hydrogens is 242 g/mol. The maximum absolute atomic E-state index is 9.92. The van der Waals surface area contributed by atoms with Crippen LogP contribution in [0.1, 0.15) is 19.4 Å². The molecule has 1 unspecified atom stereocenters. The third-order valence-corrected chi connectivity index (χ3v) is 2.76. The van der Waals surface area contributed by atoms with Gasteiger partial charge in [-0.15, -0.1) is 0 Å². The largest absolute Gasteiger partial charge is 0.395 e. The van der Waals surface area contributed by atoms with Crippen LogP contribution in [0.15, 0.2) is 30.3 Å². The van der Waals surface area contributed by atoms with E-state index in [2.05, 4.69) is 0 Å². The Bertz CT molecular complexity index is 329. The quantitative estimate of drug-likeness (QED) is 0.707. The van der Waals surface area contributed by atoms with Crippen LogP contribution in [0.5, 0.6) is 0 Å². The van der Waals surface area contributed by atoms with Crippen LogP contribution < -0.4 is 0 Å². The lowest BCUT2D eigenvalue weighted by Gasteiger charge is -2.24. The topological polar surface area (TPSA) is 52.9 Å². The smallest absolute Gasteiger partial charge is 0.0900 e. The van der Waals surface area contributed by atoms with Gasteiger partial charge in [0.1, 0.15) is 0 Å². The summed E-state index contributed by atoms with van der Waals surface area (Å²) >= 11 is 0. The van der Waals surface area contributed by atoms with Gasteiger partial charge in [-0.05, 0) is 19.4 Å². The minimum atomic E-state index is -0.530. The lowest BCUT2D eigenvalue weighted by Crippen LogP contribution is -2.36. The highest BCUT2D eigenvalue weighted by atomic mass is 16.5. The molecule has 1 aromatic rings. The number of hydrogen-bond acceptors (Lipinski definition) is 4. The summed E-state index contributed by atoms with van der Waals surface area (Å²) in [6.45, 7) is 6.08. The first kappa shape index (κ1) is 16.1. The average molecular weight is 267 g/mol. The second-order valence-electron chi connectivity index (χ2n) is 4.98. The Labute approximate surface area is 115 Å². The van der Waals surface area contributed by atoms with Gasteiger partial charge in [-0.2, -0.15) is 0 Å². The number of hydrogen-bond donors (Lipinski definition) is 2. The molecule has 1 rings (SSSR count). The highest BCUT2D eigenvalue weighted by Crippen LogP contribution is 2.05. The zero-order valence-corrected chi connectivity index (χ0v) is 11.8. The highest BCUT2D eigenvalue weighted by Gasteiger charge is 2.12. The fourth-order valence-electron chi connectivity index (χ4n) is 1.87. The molecule has 1 aromatic carbocycles. The summed E-state index contributed by atoms with van der Waals surface area (Å²) in [5.74, 6) is 0. The van der Waals surface area contributed by atoms with E-state index in [4.69, 9.17) is 9.84 Å². The van der Waals surface area contributed by atoms with E-state index in [1.165, 1.54) is 5.56 Å². The van der Waals surface area contributed by atoms with Gasteiger partial charge in [-0.1, -0.05) is 30.3 Å². The van der Waals surface area contributed by atoms with E-state index in [-0.39, 0.29) is 12.7 Å². The summed E-state index contributed by atoms with van der Waals surface area (Å²) in [6, 6.07) is 10.0. The Hall–Kier alpha value is -0.940. The summed E-state index contributed by atoms with van der Waals surface area (Å²) in [5, 5.41) is 19.0. The Morgan fingerprint density at radius 2 is 1.89 bits per heavy atom. The monoisotopic (exact) mass is 267 g/mol. The van der Waals surface area contributed by atoms with Crippen molar-refractivity contribution in [1.82, 2.24) is 4.90 Å². The molecule has 19 heavy (non-hydrogen) atoms. The van der Waals surface area contributed by atoms with E-state index in [1.807, 2.05) is 49.1 Å². The Balaban J connectivity index is 2.43. The summed E-state index contributed by atoms with van der Waals surface area (Å²) in [7, 11) is 0. The Morgan fingerprint density at radius 3 is 2.47 bits per heavy atom. The number of aliphatic hydroxyl groups is 2. The molecule has 0 bridgehead atoms. The Kier molecular flexibility index (Phi) is 7.67. The van der Waals surface area contributed by atoms with Crippen LogP contribution in [0.25, 0.3) is 0 Å². The van der Waals surface area contributed by atoms with Crippen LogP contribution in [0, 0.1) is 0 Å². The zero-order valence-electron chi connectivity index (χ0n) is 11.8. The van der Waals surface area contributed by atoms with Crippen molar-refractivity contribution < 1.29 is 14.9 Å². The van der Waals surface area contributed by atoms with E-state index in [9.17, 15) is 5.11 Å². The van der Waals surface area contributed by atoms with Crippen molar-refractivity contribution in [3.05, 3.63) is 35.9 Å². The van der Waals surface area contributed by atoms with Gasteiger partial charge in [0.2, 0.25) is 0 Å². The van der Waals surface area contributed by atoms with Gasteiger partial charge in [0.25, 0.3) is 0 Å². The molecule has 108 valence electrons. The molecular formula is C15H25NO3. The molecule has 2 N–H and O–H groups in total. The lowest BCUT2D eigenvalue weighted by atomic mass is 10.2. The van der Waals surface area contributed by atoms with Crippen molar-refractivity contribution in [3.8, 4) is 0 Å². The minimum absolute atomic E-state index is 0.0879. The van der Waals surface area contributed by atoms with Crippen LogP contribution in [0.4, 0.5) is 0 Å². The third-order valence-electron chi connectivity index (χ3n) is 2.76. The molecule has 0 aliphatic heterocycles. The molecule has 4 nitrogen and oxygen atoms in total. The van der Waals surface area contributed by atoms with E-state index in [0.29, 0.717) is 19.7 Å². The van der Waals surface area contributed by atoms with Gasteiger partial charge in [-0.3, -0.25) is 4.90 Å². The maximum atomic E-state index is 9.92. The van der Waals surface area contributed by atoms with Crippen molar-refractivity contribution in [3.63, 3.8) is 0 Å². The summed E-state index contributed by atoms with van der Waals surface area (Å²) in [4.78, 5) is 2.03. The van der Waals surface area contributed by atoms with Gasteiger partial charge in [0.15, 0.2) is 0 Å². The number of rotatable bonds is 9. The van der Waals surface area contributed by atoms with Crippen LogP contribution in [-0.4, -0.2) is 53.6 Å². The molecule has 0 fully saturated rings. The van der Waals surface area contributed by atoms with Crippen LogP contribution in [0.3, 0.4) is 0 Å². The molecule has 4 heteroatoms. The minimum Gasteiger partial charge on any atom is -0.395 e. The summed E-state index contributed by atoms with van der Waals surface area (Å²) in [5.41, 5.74) is 1.17. The number of aliphatic hydroxyl groups excluding tert-OH is 2. The molecule has 0 aliphatic rings. The Morgan fingerprint density at radius 1 is 1.21 bits per heavy atom.